The van der Waals surface area contributed by atoms with Gasteiger partial charge in [0.15, 0.2) is 5.13 Å². The summed E-state index contributed by atoms with van der Waals surface area (Å²) in [7, 11) is 0. The van der Waals surface area contributed by atoms with E-state index in [1.165, 1.54) is 11.1 Å². The van der Waals surface area contributed by atoms with Gasteiger partial charge >= 0.3 is 11.9 Å². The minimum absolute atomic E-state index is 0.0931. The lowest BCUT2D eigenvalue weighted by Crippen LogP contribution is -2.29. The van der Waals surface area contributed by atoms with E-state index in [1.807, 2.05) is 13.8 Å². The molecule has 1 aliphatic rings. The average Bonchev–Trinajstić information content (AvgIpc) is 3.44. The molecule has 1 unspecified atom stereocenters. The van der Waals surface area contributed by atoms with Crippen LogP contribution in [-0.2, 0) is 14.3 Å². The fourth-order valence-electron chi connectivity index (χ4n) is 4.06. The van der Waals surface area contributed by atoms with Crippen molar-refractivity contribution in [3.8, 4) is 5.75 Å². The van der Waals surface area contributed by atoms with Crippen molar-refractivity contribution in [2.24, 2.45) is 5.92 Å². The second-order valence-corrected chi connectivity index (χ2v) is 10.6. The molecule has 1 aliphatic heterocycles. The summed E-state index contributed by atoms with van der Waals surface area (Å²) >= 11 is 0.968. The van der Waals surface area contributed by atoms with E-state index in [2.05, 4.69) is 16.9 Å². The summed E-state index contributed by atoms with van der Waals surface area (Å²) in [5.74, 6) is -1.79. The van der Waals surface area contributed by atoms with Crippen LogP contribution in [0.5, 0.6) is 5.75 Å². The number of aliphatic hydroxyl groups excluding tert-OH is 1. The van der Waals surface area contributed by atoms with Gasteiger partial charge in [0, 0.05) is 18.0 Å². The standard InChI is InChI=1S/C29H31N3O6S/c1-5-6-14-37-21-11-9-19(10-12-21)24(33)22-23(20-8-7-13-30-15-20)32(27(35)25(22)34)29-31-18(4)26(39-29)28(36)38-16-17(2)3/h7-13,15,17,23,33H,5-6,14,16H2,1-4H3/b24-22-. The van der Waals surface area contributed by atoms with E-state index in [0.29, 0.717) is 29.2 Å². The molecule has 4 rings (SSSR count). The van der Waals surface area contributed by atoms with Crippen molar-refractivity contribution >= 4 is 39.9 Å². The molecule has 10 heteroatoms. The van der Waals surface area contributed by atoms with Gasteiger partial charge in [-0.25, -0.2) is 9.78 Å². The summed E-state index contributed by atoms with van der Waals surface area (Å²) in [6, 6.07) is 9.09. The number of carbonyl (C=O) groups is 3. The number of thiazole rings is 1. The molecule has 39 heavy (non-hydrogen) atoms. The number of Topliss-reactive ketones (excluding diaryl/α,β-unsaturated/α-hetero) is 1. The van der Waals surface area contributed by atoms with E-state index in [1.54, 1.807) is 49.5 Å². The highest BCUT2D eigenvalue weighted by Crippen LogP contribution is 2.43. The normalized spacial score (nSPS) is 16.6. The van der Waals surface area contributed by atoms with Gasteiger partial charge in [-0.15, -0.1) is 0 Å². The Kier molecular flexibility index (Phi) is 8.75. The van der Waals surface area contributed by atoms with Crippen LogP contribution in [0.1, 0.15) is 66.1 Å². The van der Waals surface area contributed by atoms with Crippen LogP contribution in [0.2, 0.25) is 0 Å². The number of pyridine rings is 1. The van der Waals surface area contributed by atoms with E-state index in [0.717, 1.165) is 24.2 Å². The largest absolute Gasteiger partial charge is 0.507 e. The van der Waals surface area contributed by atoms with Gasteiger partial charge in [0.2, 0.25) is 0 Å². The predicted molar refractivity (Wildman–Crippen MR) is 148 cm³/mol. The fourth-order valence-corrected chi connectivity index (χ4v) is 5.05. The number of anilines is 1. The van der Waals surface area contributed by atoms with Crippen LogP contribution in [0.4, 0.5) is 5.13 Å². The van der Waals surface area contributed by atoms with Gasteiger partial charge in [0.25, 0.3) is 5.78 Å². The van der Waals surface area contributed by atoms with Gasteiger partial charge in [-0.1, -0.05) is 44.6 Å². The van der Waals surface area contributed by atoms with Crippen molar-refractivity contribution in [3.05, 3.63) is 76.1 Å². The molecule has 1 fully saturated rings. The predicted octanol–water partition coefficient (Wildman–Crippen LogP) is 5.46. The molecule has 3 aromatic rings. The number of esters is 1. The number of rotatable bonds is 10. The zero-order chi connectivity index (χ0) is 28.1. The Balaban J connectivity index is 1.75. The minimum Gasteiger partial charge on any atom is -0.507 e. The molecule has 0 saturated carbocycles. The number of carbonyl (C=O) groups excluding carboxylic acids is 3. The number of amides is 1. The molecular weight excluding hydrogens is 518 g/mol. The molecule has 1 amide bonds. The third-order valence-electron chi connectivity index (χ3n) is 6.06. The summed E-state index contributed by atoms with van der Waals surface area (Å²) in [4.78, 5) is 49.5. The lowest BCUT2D eigenvalue weighted by atomic mass is 9.96. The van der Waals surface area contributed by atoms with E-state index in [-0.39, 0.29) is 33.9 Å². The first-order valence-corrected chi connectivity index (χ1v) is 13.6. The van der Waals surface area contributed by atoms with E-state index in [4.69, 9.17) is 9.47 Å². The van der Waals surface area contributed by atoms with Gasteiger partial charge in [-0.05, 0) is 55.2 Å². The van der Waals surface area contributed by atoms with Crippen LogP contribution in [-0.4, -0.2) is 45.9 Å². The molecule has 1 saturated heterocycles. The Labute approximate surface area is 231 Å². The fraction of sp³-hybridized carbons (Fsp3) is 0.345. The Bertz CT molecular complexity index is 1380. The van der Waals surface area contributed by atoms with Gasteiger partial charge in [0.05, 0.1) is 30.5 Å². The Morgan fingerprint density at radius 2 is 1.92 bits per heavy atom. The number of hydrogen-bond donors (Lipinski definition) is 1. The van der Waals surface area contributed by atoms with Gasteiger partial charge in [0.1, 0.15) is 16.4 Å². The van der Waals surface area contributed by atoms with Crippen LogP contribution in [0, 0.1) is 12.8 Å². The molecule has 1 atom stereocenters. The Morgan fingerprint density at radius 1 is 1.18 bits per heavy atom. The van der Waals surface area contributed by atoms with Crippen molar-refractivity contribution in [3.63, 3.8) is 0 Å². The number of unbranched alkanes of at least 4 members (excludes halogenated alkanes) is 1. The summed E-state index contributed by atoms with van der Waals surface area (Å²) < 4.78 is 11.0. The second-order valence-electron chi connectivity index (χ2n) is 9.59. The summed E-state index contributed by atoms with van der Waals surface area (Å²) in [6.07, 6.45) is 5.03. The van der Waals surface area contributed by atoms with Crippen LogP contribution in [0.15, 0.2) is 54.4 Å². The molecule has 0 spiro atoms. The van der Waals surface area contributed by atoms with E-state index >= 15 is 0 Å². The number of benzene rings is 1. The maximum Gasteiger partial charge on any atom is 0.350 e. The maximum atomic E-state index is 13.4. The SMILES string of the molecule is CCCCOc1ccc(/C(O)=C2/C(=O)C(=O)N(c3nc(C)c(C(=O)OCC(C)C)s3)C2c2cccnc2)cc1. The highest BCUT2D eigenvalue weighted by molar-refractivity contribution is 7.17. The third kappa shape index (κ3) is 6.01. The first kappa shape index (κ1) is 28.0. The van der Waals surface area contributed by atoms with Crippen molar-refractivity contribution in [1.82, 2.24) is 9.97 Å². The number of ketones is 1. The van der Waals surface area contributed by atoms with Gasteiger partial charge in [-0.3, -0.25) is 19.5 Å². The lowest BCUT2D eigenvalue weighted by molar-refractivity contribution is -0.132. The molecule has 0 radical (unpaired) electrons. The quantitative estimate of drug-likeness (QED) is 0.116. The second kappa shape index (κ2) is 12.2. The molecule has 2 aromatic heterocycles. The molecule has 3 heterocycles. The smallest absolute Gasteiger partial charge is 0.350 e. The number of aryl methyl sites for hydroxylation is 1. The van der Waals surface area contributed by atoms with Crippen molar-refractivity contribution in [2.45, 2.75) is 46.6 Å². The van der Waals surface area contributed by atoms with Crippen molar-refractivity contribution in [2.75, 3.05) is 18.1 Å². The summed E-state index contributed by atoms with van der Waals surface area (Å²) in [6.45, 7) is 8.40. The monoisotopic (exact) mass is 549 g/mol. The summed E-state index contributed by atoms with van der Waals surface area (Å²) in [5.41, 5.74) is 1.16. The lowest BCUT2D eigenvalue weighted by Gasteiger charge is -2.22. The van der Waals surface area contributed by atoms with Crippen molar-refractivity contribution in [1.29, 1.82) is 0 Å². The zero-order valence-electron chi connectivity index (χ0n) is 22.3. The number of aliphatic hydroxyl groups is 1. The number of aromatic nitrogens is 2. The minimum atomic E-state index is -0.996. The molecule has 1 N–H and O–H groups in total. The Morgan fingerprint density at radius 3 is 2.56 bits per heavy atom. The molecular formula is C29H31N3O6S. The molecule has 0 bridgehead atoms. The Hall–Kier alpha value is -4.05. The van der Waals surface area contributed by atoms with Crippen molar-refractivity contribution < 1.29 is 29.0 Å². The van der Waals surface area contributed by atoms with Gasteiger partial charge < -0.3 is 14.6 Å². The van der Waals surface area contributed by atoms with E-state index in [9.17, 15) is 19.5 Å². The van der Waals surface area contributed by atoms with Gasteiger partial charge in [-0.2, -0.15) is 0 Å². The summed E-state index contributed by atoms with van der Waals surface area (Å²) in [5, 5.41) is 11.5. The molecule has 0 aliphatic carbocycles. The number of hydrogen-bond acceptors (Lipinski definition) is 9. The highest BCUT2D eigenvalue weighted by atomic mass is 32.1. The highest BCUT2D eigenvalue weighted by Gasteiger charge is 2.48. The molecule has 9 nitrogen and oxygen atoms in total. The first-order valence-electron chi connectivity index (χ1n) is 12.8. The molecule has 204 valence electrons. The molecule has 1 aromatic carbocycles. The zero-order valence-corrected chi connectivity index (χ0v) is 23.2. The maximum absolute atomic E-state index is 13.4. The third-order valence-corrected chi connectivity index (χ3v) is 7.20. The average molecular weight is 550 g/mol. The van der Waals surface area contributed by atoms with Crippen LogP contribution < -0.4 is 9.64 Å². The van der Waals surface area contributed by atoms with E-state index < -0.39 is 23.7 Å². The number of ether oxygens (including phenoxy) is 2. The number of nitrogens with zero attached hydrogens (tertiary/aromatic N) is 3. The van der Waals surface area contributed by atoms with Crippen LogP contribution in [0.3, 0.4) is 0 Å². The van der Waals surface area contributed by atoms with Crippen LogP contribution >= 0.6 is 11.3 Å². The van der Waals surface area contributed by atoms with Crippen LogP contribution in [0.25, 0.3) is 5.76 Å². The first-order chi connectivity index (χ1) is 18.7. The topological polar surface area (TPSA) is 119 Å².